The molecule has 0 bridgehead atoms. The van der Waals surface area contributed by atoms with Crippen LogP contribution in [0.15, 0.2) is 36.7 Å². The zero-order valence-corrected chi connectivity index (χ0v) is 15.5. The van der Waals surface area contributed by atoms with E-state index >= 15 is 0 Å². The Kier molecular flexibility index (Phi) is 7.27. The van der Waals surface area contributed by atoms with Gasteiger partial charge >= 0.3 is 0 Å². The first-order valence-electron chi connectivity index (χ1n) is 7.64. The number of hydrogen-bond acceptors (Lipinski definition) is 3. The van der Waals surface area contributed by atoms with Crippen molar-refractivity contribution in [2.75, 3.05) is 13.1 Å². The van der Waals surface area contributed by atoms with Crippen LogP contribution in [0.2, 0.25) is 0 Å². The Morgan fingerprint density at radius 1 is 1.29 bits per heavy atom. The first-order valence-corrected chi connectivity index (χ1v) is 7.64. The van der Waals surface area contributed by atoms with Crippen LogP contribution in [-0.4, -0.2) is 33.7 Å². The van der Waals surface area contributed by atoms with Crippen LogP contribution < -0.4 is 5.73 Å². The smallest absolute Gasteiger partial charge is 0.244 e. The summed E-state index contributed by atoms with van der Waals surface area (Å²) in [5.74, 6) is 0.373. The topological polar surface area (TPSA) is 64.2 Å². The van der Waals surface area contributed by atoms with Crippen LogP contribution >= 0.6 is 24.8 Å². The molecule has 1 aliphatic rings. The fourth-order valence-electron chi connectivity index (χ4n) is 3.00. The van der Waals surface area contributed by atoms with Crippen LogP contribution in [0, 0.1) is 6.92 Å². The lowest BCUT2D eigenvalue weighted by Gasteiger charge is -2.21. The van der Waals surface area contributed by atoms with Crippen LogP contribution in [0.5, 0.6) is 0 Å². The molecular formula is C17H24Cl2N4O. The molecule has 1 saturated heterocycles. The van der Waals surface area contributed by atoms with Gasteiger partial charge in [0.25, 0.3) is 0 Å². The lowest BCUT2D eigenvalue weighted by molar-refractivity contribution is -0.131. The first kappa shape index (κ1) is 20.5. The normalized spacial score (nSPS) is 17.8. The monoisotopic (exact) mass is 370 g/mol. The molecule has 0 saturated carbocycles. The molecular weight excluding hydrogens is 347 g/mol. The largest absolute Gasteiger partial charge is 0.340 e. The van der Waals surface area contributed by atoms with E-state index < -0.39 is 6.04 Å². The molecule has 132 valence electrons. The van der Waals surface area contributed by atoms with Crippen molar-refractivity contribution in [3.8, 4) is 0 Å². The van der Waals surface area contributed by atoms with Crippen LogP contribution in [0.1, 0.15) is 35.1 Å². The lowest BCUT2D eigenvalue weighted by atomic mass is 10.0. The number of hydrogen-bond donors (Lipinski definition) is 1. The van der Waals surface area contributed by atoms with Gasteiger partial charge in [0.2, 0.25) is 5.91 Å². The average molecular weight is 371 g/mol. The number of likely N-dealkylation sites (tertiary alicyclic amines) is 1. The zero-order chi connectivity index (χ0) is 15.7. The van der Waals surface area contributed by atoms with Crippen molar-refractivity contribution in [3.05, 3.63) is 53.3 Å². The highest BCUT2D eigenvalue weighted by molar-refractivity contribution is 5.85. The van der Waals surface area contributed by atoms with Crippen molar-refractivity contribution >= 4 is 30.7 Å². The second-order valence-electron chi connectivity index (χ2n) is 6.11. The van der Waals surface area contributed by atoms with Gasteiger partial charge in [0.1, 0.15) is 6.04 Å². The van der Waals surface area contributed by atoms with Crippen molar-refractivity contribution in [1.82, 2.24) is 14.7 Å². The summed E-state index contributed by atoms with van der Waals surface area (Å²) < 4.78 is 1.80. The van der Waals surface area contributed by atoms with Gasteiger partial charge in [0.15, 0.2) is 0 Å². The third kappa shape index (κ3) is 4.29. The molecule has 2 heterocycles. The van der Waals surface area contributed by atoms with Crippen molar-refractivity contribution < 1.29 is 4.79 Å². The number of carbonyl (C=O) groups is 1. The molecule has 0 radical (unpaired) electrons. The summed E-state index contributed by atoms with van der Waals surface area (Å²) in [4.78, 5) is 14.5. The number of carbonyl (C=O) groups excluding carboxylic acids is 1. The molecule has 5 nitrogen and oxygen atoms in total. The number of aryl methyl sites for hydroxylation is 2. The van der Waals surface area contributed by atoms with Gasteiger partial charge in [-0.15, -0.1) is 24.8 Å². The Labute approximate surface area is 155 Å². The van der Waals surface area contributed by atoms with Gasteiger partial charge < -0.3 is 10.6 Å². The summed E-state index contributed by atoms with van der Waals surface area (Å²) in [6.45, 7) is 3.51. The number of halogens is 2. The molecule has 1 amide bonds. The second-order valence-corrected chi connectivity index (χ2v) is 6.11. The molecule has 24 heavy (non-hydrogen) atoms. The molecule has 1 aromatic carbocycles. The molecule has 1 fully saturated rings. The van der Waals surface area contributed by atoms with Gasteiger partial charge in [-0.3, -0.25) is 9.48 Å². The zero-order valence-electron chi connectivity index (χ0n) is 13.9. The van der Waals surface area contributed by atoms with Gasteiger partial charge in [-0.2, -0.15) is 5.10 Å². The lowest BCUT2D eigenvalue weighted by Crippen LogP contribution is -2.37. The minimum Gasteiger partial charge on any atom is -0.340 e. The number of amides is 1. The average Bonchev–Trinajstić information content (AvgIpc) is 3.15. The predicted octanol–water partition coefficient (Wildman–Crippen LogP) is 2.59. The molecule has 2 unspecified atom stereocenters. The summed E-state index contributed by atoms with van der Waals surface area (Å²) in [6, 6.07) is 7.28. The minimum absolute atomic E-state index is 0. The van der Waals surface area contributed by atoms with E-state index in [0.717, 1.165) is 25.1 Å². The van der Waals surface area contributed by atoms with Gasteiger partial charge in [-0.05, 0) is 24.5 Å². The van der Waals surface area contributed by atoms with E-state index in [1.807, 2.05) is 55.5 Å². The summed E-state index contributed by atoms with van der Waals surface area (Å²) >= 11 is 0. The molecule has 0 aliphatic carbocycles. The van der Waals surface area contributed by atoms with Gasteiger partial charge in [-0.25, -0.2) is 0 Å². The summed E-state index contributed by atoms with van der Waals surface area (Å²) in [7, 11) is 1.91. The molecule has 2 atom stereocenters. The summed E-state index contributed by atoms with van der Waals surface area (Å²) in [5, 5.41) is 4.21. The van der Waals surface area contributed by atoms with Crippen LogP contribution in [-0.2, 0) is 11.8 Å². The van der Waals surface area contributed by atoms with Gasteiger partial charge in [-0.1, -0.05) is 29.8 Å². The quantitative estimate of drug-likeness (QED) is 0.902. The SMILES string of the molecule is Cc1ccc(C(N)C(=O)N2CCC(c3cnn(C)c3)C2)cc1.Cl.Cl. The van der Waals surface area contributed by atoms with E-state index in [1.165, 1.54) is 11.1 Å². The van der Waals surface area contributed by atoms with E-state index in [9.17, 15) is 4.79 Å². The maximum Gasteiger partial charge on any atom is 0.244 e. The van der Waals surface area contributed by atoms with Crippen molar-refractivity contribution in [3.63, 3.8) is 0 Å². The predicted molar refractivity (Wildman–Crippen MR) is 99.7 cm³/mol. The molecule has 2 N–H and O–H groups in total. The highest BCUT2D eigenvalue weighted by Gasteiger charge is 2.31. The van der Waals surface area contributed by atoms with E-state index in [-0.39, 0.29) is 30.7 Å². The number of aromatic nitrogens is 2. The maximum absolute atomic E-state index is 12.6. The second kappa shape index (κ2) is 8.51. The molecule has 1 aromatic heterocycles. The van der Waals surface area contributed by atoms with Gasteiger partial charge in [0.05, 0.1) is 6.20 Å². The van der Waals surface area contributed by atoms with E-state index in [4.69, 9.17) is 5.73 Å². The van der Waals surface area contributed by atoms with Crippen molar-refractivity contribution in [1.29, 1.82) is 0 Å². The highest BCUT2D eigenvalue weighted by Crippen LogP contribution is 2.28. The van der Waals surface area contributed by atoms with Crippen LogP contribution in [0.25, 0.3) is 0 Å². The fraction of sp³-hybridized carbons (Fsp3) is 0.412. The number of nitrogens with two attached hydrogens (primary N) is 1. The summed E-state index contributed by atoms with van der Waals surface area (Å²) in [6.07, 6.45) is 4.88. The number of benzene rings is 1. The third-order valence-corrected chi connectivity index (χ3v) is 4.40. The summed E-state index contributed by atoms with van der Waals surface area (Å²) in [5.41, 5.74) is 9.39. The maximum atomic E-state index is 12.6. The Morgan fingerprint density at radius 3 is 2.54 bits per heavy atom. The van der Waals surface area contributed by atoms with E-state index in [0.29, 0.717) is 5.92 Å². The standard InChI is InChI=1S/C17H22N4O.2ClH/c1-12-3-5-13(6-4-12)16(18)17(22)21-8-7-14(11-21)15-9-19-20(2)10-15;;/h3-6,9-10,14,16H,7-8,11,18H2,1-2H3;2*1H. The van der Waals surface area contributed by atoms with E-state index in [1.54, 1.807) is 4.68 Å². The van der Waals surface area contributed by atoms with Crippen LogP contribution in [0.3, 0.4) is 0 Å². The fourth-order valence-corrected chi connectivity index (χ4v) is 3.00. The molecule has 2 aromatic rings. The minimum atomic E-state index is -0.576. The third-order valence-electron chi connectivity index (χ3n) is 4.40. The van der Waals surface area contributed by atoms with Gasteiger partial charge in [0, 0.05) is 32.3 Å². The molecule has 1 aliphatic heterocycles. The Hall–Kier alpha value is -1.56. The Balaban J connectivity index is 0.00000144. The molecule has 0 spiro atoms. The first-order chi connectivity index (χ1) is 10.5. The highest BCUT2D eigenvalue weighted by atomic mass is 35.5. The molecule has 3 rings (SSSR count). The van der Waals surface area contributed by atoms with E-state index in [2.05, 4.69) is 5.10 Å². The van der Waals surface area contributed by atoms with Crippen molar-refractivity contribution in [2.24, 2.45) is 12.8 Å². The van der Waals surface area contributed by atoms with Crippen molar-refractivity contribution in [2.45, 2.75) is 25.3 Å². The Morgan fingerprint density at radius 2 is 1.96 bits per heavy atom. The Bertz CT molecular complexity index is 671. The van der Waals surface area contributed by atoms with Crippen LogP contribution in [0.4, 0.5) is 0 Å². The number of nitrogens with zero attached hydrogens (tertiary/aromatic N) is 3. The number of rotatable bonds is 3. The molecule has 7 heteroatoms.